The van der Waals surface area contributed by atoms with Gasteiger partial charge in [-0.25, -0.2) is 15.9 Å². The van der Waals surface area contributed by atoms with Crippen LogP contribution in [0, 0.1) is 0 Å². The third-order valence-corrected chi connectivity index (χ3v) is 1.56. The lowest BCUT2D eigenvalue weighted by Gasteiger charge is -2.09. The topological polar surface area (TPSA) is 82.5 Å². The van der Waals surface area contributed by atoms with E-state index in [0.29, 0.717) is 0 Å². The highest BCUT2D eigenvalue weighted by molar-refractivity contribution is 6.86. The van der Waals surface area contributed by atoms with Crippen LogP contribution in [0.25, 0.3) is 0 Å². The first-order valence-corrected chi connectivity index (χ1v) is 3.87. The van der Waals surface area contributed by atoms with Crippen LogP contribution in [0.3, 0.4) is 0 Å². The number of rotatable bonds is 2. The van der Waals surface area contributed by atoms with Crippen LogP contribution in [0.5, 0.6) is 0 Å². The minimum absolute atomic E-state index is 0.289. The first-order chi connectivity index (χ1) is 6.65. The maximum absolute atomic E-state index is 10.6. The Morgan fingerprint density at radius 3 is 2.93 bits per heavy atom. The van der Waals surface area contributed by atoms with Crippen molar-refractivity contribution < 1.29 is 9.55 Å². The summed E-state index contributed by atoms with van der Waals surface area (Å²) in [5.74, 6) is 4.18. The second-order valence-electron chi connectivity index (χ2n) is 2.56. The Hall–Kier alpha value is -1.40. The van der Waals surface area contributed by atoms with Crippen LogP contribution in [0.15, 0.2) is 23.7 Å². The Labute approximate surface area is 82.6 Å². The predicted octanol–water partition coefficient (Wildman–Crippen LogP) is -0.531. The molecule has 1 amide bonds. The second-order valence-corrected chi connectivity index (χ2v) is 2.56. The van der Waals surface area contributed by atoms with Crippen molar-refractivity contribution in [2.75, 3.05) is 0 Å². The van der Waals surface area contributed by atoms with Crippen LogP contribution < -0.4 is 5.90 Å². The van der Waals surface area contributed by atoms with E-state index in [-0.39, 0.29) is 5.73 Å². The quantitative estimate of drug-likeness (QED) is 0.294. The number of aromatic nitrogens is 2. The van der Waals surface area contributed by atoms with Gasteiger partial charge in [0, 0.05) is 12.4 Å². The summed E-state index contributed by atoms with van der Waals surface area (Å²) in [6, 6.07) is 0. The van der Waals surface area contributed by atoms with E-state index in [1.165, 1.54) is 10.9 Å². The molecule has 2 radical (unpaired) electrons. The van der Waals surface area contributed by atoms with Gasteiger partial charge in [0.25, 0.3) is 0 Å². The zero-order valence-corrected chi connectivity index (χ0v) is 7.62. The molecule has 0 aliphatic carbocycles. The van der Waals surface area contributed by atoms with Crippen LogP contribution in [-0.2, 0) is 4.76 Å². The number of carbonyl (C=O) groups is 1. The molecule has 0 saturated heterocycles. The molecule has 0 unspecified atom stereocenters. The Bertz CT molecular complexity index is 338. The molecule has 1 rings (SSSR count). The first kappa shape index (κ1) is 10.7. The minimum Gasteiger partial charge on any atom is -0.356 e. The summed E-state index contributed by atoms with van der Waals surface area (Å²) in [5.41, 5.74) is 0.289. The lowest BCUT2D eigenvalue weighted by atomic mass is 9.69. The van der Waals surface area contributed by atoms with Gasteiger partial charge < -0.3 is 4.76 Å². The molecule has 6 nitrogen and oxygen atoms in total. The molecule has 1 heterocycles. The van der Waals surface area contributed by atoms with E-state index in [0.717, 1.165) is 0 Å². The molecule has 1 aromatic heterocycles. The lowest BCUT2D eigenvalue weighted by molar-refractivity contribution is 0.266. The van der Waals surface area contributed by atoms with Gasteiger partial charge in [0.15, 0.2) is 5.81 Å². The SMILES string of the molecule is [B]C(=O)N=C(B(C)ON)n1ccnc1. The van der Waals surface area contributed by atoms with Gasteiger partial charge in [-0.3, -0.25) is 9.36 Å². The predicted molar refractivity (Wildman–Crippen MR) is 53.1 cm³/mol. The van der Waals surface area contributed by atoms with E-state index in [1.807, 2.05) is 0 Å². The van der Waals surface area contributed by atoms with Crippen molar-refractivity contribution >= 4 is 26.3 Å². The Balaban J connectivity index is 3.00. The van der Waals surface area contributed by atoms with Gasteiger partial charge in [-0.2, -0.15) is 0 Å². The smallest absolute Gasteiger partial charge is 0.356 e. The van der Waals surface area contributed by atoms with Crippen LogP contribution in [-0.4, -0.2) is 35.9 Å². The molecule has 0 aromatic carbocycles. The van der Waals surface area contributed by atoms with Gasteiger partial charge in [-0.15, -0.1) is 0 Å². The first-order valence-electron chi connectivity index (χ1n) is 3.87. The molecule has 2 N–H and O–H groups in total. The summed E-state index contributed by atoms with van der Waals surface area (Å²) in [6.07, 6.45) is 4.62. The average Bonchev–Trinajstić information content (AvgIpc) is 2.65. The number of imidazole rings is 1. The number of hydrogen-bond donors (Lipinski definition) is 1. The summed E-state index contributed by atoms with van der Waals surface area (Å²) in [5, 5.41) is 0. The summed E-state index contributed by atoms with van der Waals surface area (Å²) >= 11 is 0. The van der Waals surface area contributed by atoms with E-state index in [4.69, 9.17) is 13.7 Å². The minimum atomic E-state index is -0.808. The highest BCUT2D eigenvalue weighted by Crippen LogP contribution is 1.94. The molecular formula is C6H8B2N4O2. The van der Waals surface area contributed by atoms with Crippen molar-refractivity contribution in [1.82, 2.24) is 9.55 Å². The molecule has 0 aliphatic heterocycles. The summed E-state index contributed by atoms with van der Waals surface area (Å²) in [7, 11) is 4.94. The molecule has 0 bridgehead atoms. The molecule has 0 spiro atoms. The van der Waals surface area contributed by atoms with Crippen LogP contribution in [0.4, 0.5) is 4.79 Å². The van der Waals surface area contributed by atoms with Crippen LogP contribution in [0.2, 0.25) is 6.82 Å². The number of hydrogen-bond acceptors (Lipinski definition) is 4. The largest absolute Gasteiger partial charge is 0.390 e. The number of nitrogens with zero attached hydrogens (tertiary/aromatic N) is 3. The maximum atomic E-state index is 10.6. The fraction of sp³-hybridized carbons (Fsp3) is 0.167. The van der Waals surface area contributed by atoms with E-state index in [2.05, 4.69) is 14.7 Å². The number of aliphatic imine (C=N–C) groups is 1. The lowest BCUT2D eigenvalue weighted by Crippen LogP contribution is -2.34. The normalized spacial score (nSPS) is 11.4. The van der Waals surface area contributed by atoms with Crippen molar-refractivity contribution in [3.63, 3.8) is 0 Å². The van der Waals surface area contributed by atoms with Crippen molar-refractivity contribution in [2.45, 2.75) is 6.82 Å². The molecule has 0 saturated carbocycles. The molecule has 0 aliphatic rings. The fourth-order valence-electron chi connectivity index (χ4n) is 0.927. The Morgan fingerprint density at radius 2 is 2.50 bits per heavy atom. The molecule has 1 aromatic rings. The Morgan fingerprint density at radius 1 is 1.79 bits per heavy atom. The van der Waals surface area contributed by atoms with Gasteiger partial charge in [-0.1, -0.05) is 0 Å². The van der Waals surface area contributed by atoms with Gasteiger partial charge >= 0.3 is 6.92 Å². The zero-order chi connectivity index (χ0) is 10.6. The molecular weight excluding hydrogens is 182 g/mol. The highest BCUT2D eigenvalue weighted by atomic mass is 16.6. The summed E-state index contributed by atoms with van der Waals surface area (Å²) < 4.78 is 6.05. The third-order valence-electron chi connectivity index (χ3n) is 1.56. The number of carbonyl (C=O) groups excluding carboxylic acids is 1. The van der Waals surface area contributed by atoms with Gasteiger partial charge in [-0.05, 0) is 6.82 Å². The summed E-state index contributed by atoms with van der Waals surface area (Å²) in [6.45, 7) is 1.10. The monoisotopic (exact) mass is 190 g/mol. The van der Waals surface area contributed by atoms with Crippen LogP contribution in [0.1, 0.15) is 0 Å². The molecule has 8 heteroatoms. The summed E-state index contributed by atoms with van der Waals surface area (Å²) in [4.78, 5) is 18.0. The molecule has 14 heavy (non-hydrogen) atoms. The van der Waals surface area contributed by atoms with Gasteiger partial charge in [0.1, 0.15) is 5.73 Å². The third kappa shape index (κ3) is 2.54. The number of amides is 1. The van der Waals surface area contributed by atoms with Crippen molar-refractivity contribution in [3.8, 4) is 0 Å². The highest BCUT2D eigenvalue weighted by Gasteiger charge is 2.18. The van der Waals surface area contributed by atoms with Gasteiger partial charge in [0.05, 0.1) is 6.33 Å². The fourth-order valence-corrected chi connectivity index (χ4v) is 0.927. The average molecular weight is 190 g/mol. The van der Waals surface area contributed by atoms with Gasteiger partial charge in [0.2, 0.25) is 7.85 Å². The van der Waals surface area contributed by atoms with Crippen molar-refractivity contribution in [1.29, 1.82) is 0 Å². The van der Waals surface area contributed by atoms with E-state index < -0.39 is 12.7 Å². The molecule has 0 fully saturated rings. The van der Waals surface area contributed by atoms with E-state index in [1.54, 1.807) is 19.2 Å². The maximum Gasteiger partial charge on any atom is 0.390 e. The number of nitrogens with two attached hydrogens (primary N) is 1. The van der Waals surface area contributed by atoms with Crippen molar-refractivity contribution in [3.05, 3.63) is 18.7 Å². The second kappa shape index (κ2) is 4.73. The van der Waals surface area contributed by atoms with E-state index in [9.17, 15) is 4.79 Å². The molecule has 0 atom stereocenters. The van der Waals surface area contributed by atoms with Crippen LogP contribution >= 0.6 is 0 Å². The molecule has 70 valence electrons. The Kier molecular flexibility index (Phi) is 3.61. The standard InChI is InChI=1S/C6H8B2N4O2/c1-8(14-9)6(11-5(7)13)12-3-2-10-4-12/h2-4H,9H2,1H3. The van der Waals surface area contributed by atoms with E-state index >= 15 is 0 Å². The van der Waals surface area contributed by atoms with Crippen molar-refractivity contribution in [2.24, 2.45) is 10.9 Å². The zero-order valence-electron chi connectivity index (χ0n) is 7.62.